The highest BCUT2D eigenvalue weighted by Gasteiger charge is 2.13. The molecule has 0 saturated heterocycles. The average Bonchev–Trinajstić information content (AvgIpc) is 2.79. The van der Waals surface area contributed by atoms with Crippen LogP contribution >= 0.6 is 23.2 Å². The molecule has 0 aliphatic heterocycles. The first-order valence-corrected chi connectivity index (χ1v) is 6.80. The Morgan fingerprint density at radius 1 is 1.25 bits per heavy atom. The third-order valence-corrected chi connectivity index (χ3v) is 3.26. The Bertz CT molecular complexity index is 625. The minimum Gasteiger partial charge on any atom is -0.464 e. The van der Waals surface area contributed by atoms with Crippen molar-refractivity contribution in [3.63, 3.8) is 0 Å². The Balaban J connectivity index is 1.98. The number of carbonyl (C=O) groups excluding carboxylic acids is 1. The summed E-state index contributed by atoms with van der Waals surface area (Å²) in [5.74, 6) is 1.50. The zero-order valence-electron chi connectivity index (χ0n) is 11.0. The second-order valence-electron chi connectivity index (χ2n) is 4.39. The van der Waals surface area contributed by atoms with Crippen molar-refractivity contribution in [1.29, 1.82) is 0 Å². The van der Waals surface area contributed by atoms with Crippen molar-refractivity contribution in [3.8, 4) is 0 Å². The second-order valence-corrected chi connectivity index (χ2v) is 5.24. The van der Waals surface area contributed by atoms with E-state index in [1.165, 1.54) is 0 Å². The zero-order valence-corrected chi connectivity index (χ0v) is 12.5. The van der Waals surface area contributed by atoms with Crippen LogP contribution in [0.2, 0.25) is 10.0 Å². The Hall–Kier alpha value is -1.65. The molecule has 20 heavy (non-hydrogen) atoms. The van der Waals surface area contributed by atoms with Gasteiger partial charge in [0.1, 0.15) is 11.5 Å². The van der Waals surface area contributed by atoms with E-state index in [1.54, 1.807) is 18.2 Å². The van der Waals surface area contributed by atoms with Gasteiger partial charge < -0.3 is 15.1 Å². The van der Waals surface area contributed by atoms with Crippen LogP contribution in [0, 0.1) is 6.92 Å². The molecule has 4 nitrogen and oxygen atoms in total. The van der Waals surface area contributed by atoms with Crippen molar-refractivity contribution >= 4 is 34.9 Å². The van der Waals surface area contributed by atoms with E-state index in [0.717, 1.165) is 5.76 Å². The van der Waals surface area contributed by atoms with Gasteiger partial charge in [-0.2, -0.15) is 0 Å². The molecule has 106 valence electrons. The fourth-order valence-electron chi connectivity index (χ4n) is 1.70. The largest absolute Gasteiger partial charge is 0.464 e. The van der Waals surface area contributed by atoms with Crippen LogP contribution in [0.4, 0.5) is 10.5 Å². The number of hydrogen-bond acceptors (Lipinski definition) is 2. The minimum absolute atomic E-state index is 0.241. The number of benzene rings is 1. The van der Waals surface area contributed by atoms with Gasteiger partial charge in [-0.15, -0.1) is 0 Å². The van der Waals surface area contributed by atoms with Crippen LogP contribution in [0.1, 0.15) is 24.5 Å². The van der Waals surface area contributed by atoms with Crippen molar-refractivity contribution < 1.29 is 9.21 Å². The quantitative estimate of drug-likeness (QED) is 0.857. The second kappa shape index (κ2) is 6.20. The lowest BCUT2D eigenvalue weighted by Gasteiger charge is -2.13. The molecule has 6 heteroatoms. The normalized spacial score (nSPS) is 12.0. The predicted octanol–water partition coefficient (Wildman–Crippen LogP) is 4.78. The smallest absolute Gasteiger partial charge is 0.319 e. The summed E-state index contributed by atoms with van der Waals surface area (Å²) in [7, 11) is 0. The van der Waals surface area contributed by atoms with Crippen LogP contribution < -0.4 is 10.6 Å². The predicted molar refractivity (Wildman–Crippen MR) is 80.5 cm³/mol. The van der Waals surface area contributed by atoms with Gasteiger partial charge in [-0.3, -0.25) is 0 Å². The summed E-state index contributed by atoms with van der Waals surface area (Å²) < 4.78 is 5.45. The van der Waals surface area contributed by atoms with Crippen LogP contribution in [-0.4, -0.2) is 6.03 Å². The number of aryl methyl sites for hydroxylation is 1. The number of carbonyl (C=O) groups is 1. The third kappa shape index (κ3) is 3.68. The molecule has 1 aromatic heterocycles. The van der Waals surface area contributed by atoms with Gasteiger partial charge in [-0.1, -0.05) is 23.2 Å². The maximum Gasteiger partial charge on any atom is 0.319 e. The minimum atomic E-state index is -0.365. The van der Waals surface area contributed by atoms with E-state index in [2.05, 4.69) is 10.6 Å². The van der Waals surface area contributed by atoms with Crippen molar-refractivity contribution in [3.05, 3.63) is 51.9 Å². The summed E-state index contributed by atoms with van der Waals surface area (Å²) in [5.41, 5.74) is 0.497. The molecule has 2 aromatic rings. The van der Waals surface area contributed by atoms with E-state index >= 15 is 0 Å². The van der Waals surface area contributed by atoms with Gasteiger partial charge >= 0.3 is 6.03 Å². The van der Waals surface area contributed by atoms with E-state index in [0.29, 0.717) is 21.5 Å². The van der Waals surface area contributed by atoms with Gasteiger partial charge in [0, 0.05) is 5.02 Å². The fraction of sp³-hybridized carbons (Fsp3) is 0.214. The van der Waals surface area contributed by atoms with Crippen LogP contribution in [0.25, 0.3) is 0 Å². The zero-order chi connectivity index (χ0) is 14.7. The number of anilines is 1. The lowest BCUT2D eigenvalue weighted by atomic mass is 10.2. The first-order chi connectivity index (χ1) is 9.45. The maximum atomic E-state index is 11.9. The molecule has 2 rings (SSSR count). The number of furan rings is 1. The van der Waals surface area contributed by atoms with E-state index in [-0.39, 0.29) is 12.1 Å². The molecule has 1 atom stereocenters. The molecule has 1 heterocycles. The number of hydrogen-bond donors (Lipinski definition) is 2. The SMILES string of the molecule is Cc1ccc(C(C)NC(=O)Nc2ccc(Cl)cc2Cl)o1. The molecular weight excluding hydrogens is 299 g/mol. The van der Waals surface area contributed by atoms with Crippen molar-refractivity contribution in [1.82, 2.24) is 5.32 Å². The van der Waals surface area contributed by atoms with Gasteiger partial charge in [-0.25, -0.2) is 4.79 Å². The molecule has 2 N–H and O–H groups in total. The van der Waals surface area contributed by atoms with Crippen molar-refractivity contribution in [2.24, 2.45) is 0 Å². The molecule has 0 bridgehead atoms. The molecule has 0 fully saturated rings. The maximum absolute atomic E-state index is 11.9. The Kier molecular flexibility index (Phi) is 4.57. The van der Waals surface area contributed by atoms with Gasteiger partial charge in [0.15, 0.2) is 0 Å². The first-order valence-electron chi connectivity index (χ1n) is 6.04. The van der Waals surface area contributed by atoms with Crippen molar-refractivity contribution in [2.45, 2.75) is 19.9 Å². The molecule has 0 aliphatic rings. The molecule has 0 saturated carbocycles. The summed E-state index contributed by atoms with van der Waals surface area (Å²) in [6.45, 7) is 3.69. The van der Waals surface area contributed by atoms with Gasteiger partial charge in [-0.05, 0) is 44.2 Å². The Morgan fingerprint density at radius 2 is 2.00 bits per heavy atom. The summed E-state index contributed by atoms with van der Waals surface area (Å²) in [5, 5.41) is 6.32. The summed E-state index contributed by atoms with van der Waals surface area (Å²) in [6.07, 6.45) is 0. The Labute approximate surface area is 127 Å². The highest BCUT2D eigenvalue weighted by atomic mass is 35.5. The van der Waals surface area contributed by atoms with Crippen molar-refractivity contribution in [2.75, 3.05) is 5.32 Å². The molecule has 0 spiro atoms. The summed E-state index contributed by atoms with van der Waals surface area (Å²) in [4.78, 5) is 11.9. The first kappa shape index (κ1) is 14.8. The van der Waals surface area contributed by atoms with E-state index in [9.17, 15) is 4.79 Å². The van der Waals surface area contributed by atoms with Crippen LogP contribution in [0.15, 0.2) is 34.7 Å². The lowest BCUT2D eigenvalue weighted by Crippen LogP contribution is -2.31. The van der Waals surface area contributed by atoms with Gasteiger partial charge in [0.25, 0.3) is 0 Å². The van der Waals surface area contributed by atoms with Gasteiger partial charge in [0.2, 0.25) is 0 Å². The fourth-order valence-corrected chi connectivity index (χ4v) is 2.16. The van der Waals surface area contributed by atoms with Crippen LogP contribution in [0.3, 0.4) is 0 Å². The third-order valence-electron chi connectivity index (χ3n) is 2.71. The molecule has 0 radical (unpaired) electrons. The lowest BCUT2D eigenvalue weighted by molar-refractivity contribution is 0.247. The van der Waals surface area contributed by atoms with E-state index in [4.69, 9.17) is 27.6 Å². The molecule has 1 unspecified atom stereocenters. The molecule has 2 amide bonds. The van der Waals surface area contributed by atoms with E-state index < -0.39 is 0 Å². The average molecular weight is 313 g/mol. The number of nitrogens with one attached hydrogen (secondary N) is 2. The highest BCUT2D eigenvalue weighted by Crippen LogP contribution is 2.25. The number of amides is 2. The number of halogens is 2. The molecule has 1 aromatic carbocycles. The number of urea groups is 1. The standard InChI is InChI=1S/C14H14Cl2N2O2/c1-8-3-6-13(20-8)9(2)17-14(19)18-12-5-4-10(15)7-11(12)16/h3-7,9H,1-2H3,(H2,17,18,19). The molecule has 0 aliphatic carbocycles. The summed E-state index contributed by atoms with van der Waals surface area (Å²) in [6, 6.07) is 7.94. The van der Waals surface area contributed by atoms with Crippen LogP contribution in [-0.2, 0) is 0 Å². The highest BCUT2D eigenvalue weighted by molar-refractivity contribution is 6.36. The Morgan fingerprint density at radius 3 is 2.60 bits per heavy atom. The summed E-state index contributed by atoms with van der Waals surface area (Å²) >= 11 is 11.8. The molecular formula is C14H14Cl2N2O2. The van der Waals surface area contributed by atoms with Crippen LogP contribution in [0.5, 0.6) is 0 Å². The monoisotopic (exact) mass is 312 g/mol. The number of rotatable bonds is 3. The topological polar surface area (TPSA) is 54.3 Å². The van der Waals surface area contributed by atoms with E-state index in [1.807, 2.05) is 26.0 Å². The van der Waals surface area contributed by atoms with Gasteiger partial charge in [0.05, 0.1) is 16.8 Å².